The third-order valence-corrected chi connectivity index (χ3v) is 6.93. The molecule has 0 spiro atoms. The van der Waals surface area contributed by atoms with E-state index in [2.05, 4.69) is 33.9 Å². The molecule has 3 aromatic rings. The Kier molecular flexibility index (Phi) is 10.1. The fourth-order valence-electron chi connectivity index (χ4n) is 4.27. The molecule has 2 N–H and O–H groups in total. The van der Waals surface area contributed by atoms with Gasteiger partial charge in [0.05, 0.1) is 26.3 Å². The molecule has 1 heterocycles. The number of nitrogens with one attached hydrogen (secondary N) is 2. The zero-order valence-electron chi connectivity index (χ0n) is 22.0. The molecule has 0 bridgehead atoms. The molecule has 2 aromatic carbocycles. The second-order valence-electron chi connectivity index (χ2n) is 8.78. The van der Waals surface area contributed by atoms with Crippen LogP contribution in [0.25, 0.3) is 10.9 Å². The topological polar surface area (TPSA) is 69.8 Å². The first-order chi connectivity index (χ1) is 17.4. The van der Waals surface area contributed by atoms with Crippen LogP contribution in [0.5, 0.6) is 11.5 Å². The lowest BCUT2D eigenvalue weighted by atomic mass is 10.1. The van der Waals surface area contributed by atoms with Crippen molar-refractivity contribution in [2.24, 2.45) is 0 Å². The highest BCUT2D eigenvalue weighted by Crippen LogP contribution is 2.27. The Morgan fingerprint density at radius 1 is 1.03 bits per heavy atom. The maximum absolute atomic E-state index is 12.9. The van der Waals surface area contributed by atoms with Gasteiger partial charge in [0.1, 0.15) is 0 Å². The number of H-pyrrole nitrogens is 1. The van der Waals surface area contributed by atoms with Crippen LogP contribution in [0, 0.1) is 6.92 Å². The number of hydrogen-bond donors (Lipinski definition) is 2. The van der Waals surface area contributed by atoms with Gasteiger partial charge in [0.25, 0.3) is 5.56 Å². The molecule has 8 heteroatoms. The minimum atomic E-state index is -0.0715. The third kappa shape index (κ3) is 6.98. The summed E-state index contributed by atoms with van der Waals surface area (Å²) >= 11 is 5.80. The van der Waals surface area contributed by atoms with Crippen molar-refractivity contribution >= 4 is 28.2 Å². The van der Waals surface area contributed by atoms with E-state index in [1.807, 2.05) is 49.4 Å². The molecular weight excluding hydrogens is 472 g/mol. The summed E-state index contributed by atoms with van der Waals surface area (Å²) in [5, 5.41) is 5.07. The summed E-state index contributed by atoms with van der Waals surface area (Å²) in [6, 6.07) is 14.0. The lowest BCUT2D eigenvalue weighted by Crippen LogP contribution is -2.44. The van der Waals surface area contributed by atoms with Crippen LogP contribution < -0.4 is 20.3 Å². The second kappa shape index (κ2) is 13.3. The van der Waals surface area contributed by atoms with Crippen molar-refractivity contribution in [2.75, 3.05) is 46.9 Å². The van der Waals surface area contributed by atoms with Crippen molar-refractivity contribution in [3.63, 3.8) is 0 Å². The summed E-state index contributed by atoms with van der Waals surface area (Å²) in [6.07, 6.45) is 0.778. The van der Waals surface area contributed by atoms with Crippen molar-refractivity contribution < 1.29 is 9.47 Å². The largest absolute Gasteiger partial charge is 0.493 e. The Morgan fingerprint density at radius 3 is 2.47 bits per heavy atom. The first-order valence-electron chi connectivity index (χ1n) is 12.5. The smallest absolute Gasteiger partial charge is 0.253 e. The number of hydrogen-bond acceptors (Lipinski definition) is 5. The van der Waals surface area contributed by atoms with E-state index in [1.165, 1.54) is 0 Å². The standard InChI is InChI=1S/C28H38N4O3S/c1-6-31(7-2)15-16-32(19-23-18-22-10-8-9-20(3)26(22)30-27(23)33)28(36)29-14-13-21-11-12-24(34-4)25(17-21)35-5/h8-12,17-18H,6-7,13-16,19H2,1-5H3,(H,29,36)(H,30,33). The highest BCUT2D eigenvalue weighted by Gasteiger charge is 2.15. The fraction of sp³-hybridized carbons (Fsp3) is 0.429. The van der Waals surface area contributed by atoms with Crippen molar-refractivity contribution in [1.29, 1.82) is 0 Å². The maximum Gasteiger partial charge on any atom is 0.253 e. The Balaban J connectivity index is 1.73. The number of aromatic amines is 1. The summed E-state index contributed by atoms with van der Waals surface area (Å²) in [5.74, 6) is 1.42. The summed E-state index contributed by atoms with van der Waals surface area (Å²) in [4.78, 5) is 20.4. The number of rotatable bonds is 12. The van der Waals surface area contributed by atoms with Gasteiger partial charge in [-0.25, -0.2) is 0 Å². The third-order valence-electron chi connectivity index (χ3n) is 6.53. The van der Waals surface area contributed by atoms with Crippen LogP contribution in [-0.4, -0.2) is 66.8 Å². The molecule has 0 fully saturated rings. The number of aromatic nitrogens is 1. The molecule has 0 saturated carbocycles. The molecule has 1 aromatic heterocycles. The molecular formula is C28H38N4O3S. The molecule has 0 amide bonds. The maximum atomic E-state index is 12.9. The molecule has 0 radical (unpaired) electrons. The Morgan fingerprint density at radius 2 is 1.78 bits per heavy atom. The van der Waals surface area contributed by atoms with Gasteiger partial charge in [0, 0.05) is 25.2 Å². The zero-order chi connectivity index (χ0) is 26.1. The zero-order valence-corrected chi connectivity index (χ0v) is 22.8. The number of ether oxygens (including phenoxy) is 2. The van der Waals surface area contributed by atoms with Gasteiger partial charge in [0.15, 0.2) is 16.6 Å². The number of aryl methyl sites for hydroxylation is 1. The highest BCUT2D eigenvalue weighted by molar-refractivity contribution is 7.80. The monoisotopic (exact) mass is 510 g/mol. The molecule has 0 aliphatic heterocycles. The quantitative estimate of drug-likeness (QED) is 0.355. The lowest BCUT2D eigenvalue weighted by molar-refractivity contribution is 0.263. The average molecular weight is 511 g/mol. The molecule has 0 aliphatic rings. The van der Waals surface area contributed by atoms with Crippen molar-refractivity contribution in [2.45, 2.75) is 33.7 Å². The Bertz CT molecular complexity index is 1220. The number of nitrogens with zero attached hydrogens (tertiary/aromatic N) is 2. The van der Waals surface area contributed by atoms with Gasteiger partial charge in [-0.1, -0.05) is 38.1 Å². The van der Waals surface area contributed by atoms with Crippen LogP contribution in [0.3, 0.4) is 0 Å². The van der Waals surface area contributed by atoms with E-state index in [4.69, 9.17) is 21.7 Å². The molecule has 0 aliphatic carbocycles. The Labute approximate surface area is 219 Å². The van der Waals surface area contributed by atoms with E-state index in [1.54, 1.807) is 14.2 Å². The highest BCUT2D eigenvalue weighted by atomic mass is 32.1. The molecule has 3 rings (SSSR count). The van der Waals surface area contributed by atoms with Crippen LogP contribution in [0.15, 0.2) is 47.3 Å². The summed E-state index contributed by atoms with van der Waals surface area (Å²) in [7, 11) is 3.27. The molecule has 0 saturated heterocycles. The van der Waals surface area contributed by atoms with E-state index < -0.39 is 0 Å². The summed E-state index contributed by atoms with van der Waals surface area (Å²) < 4.78 is 10.7. The van der Waals surface area contributed by atoms with Crippen LogP contribution in [0.4, 0.5) is 0 Å². The fourth-order valence-corrected chi connectivity index (χ4v) is 4.53. The van der Waals surface area contributed by atoms with Gasteiger partial charge in [-0.2, -0.15) is 0 Å². The van der Waals surface area contributed by atoms with E-state index in [9.17, 15) is 4.79 Å². The van der Waals surface area contributed by atoms with Crippen molar-refractivity contribution in [3.05, 3.63) is 69.5 Å². The number of fused-ring (bicyclic) bond motifs is 1. The predicted molar refractivity (Wildman–Crippen MR) is 151 cm³/mol. The number of para-hydroxylation sites is 1. The van der Waals surface area contributed by atoms with Crippen LogP contribution in [0.1, 0.15) is 30.5 Å². The van der Waals surface area contributed by atoms with E-state index in [0.29, 0.717) is 35.3 Å². The molecule has 0 unspecified atom stereocenters. The SMILES string of the molecule is CCN(CC)CCN(Cc1cc2cccc(C)c2[nH]c1=O)C(=S)NCCc1ccc(OC)c(OC)c1. The van der Waals surface area contributed by atoms with Crippen LogP contribution in [-0.2, 0) is 13.0 Å². The van der Waals surface area contributed by atoms with Gasteiger partial charge in [0.2, 0.25) is 0 Å². The normalized spacial score (nSPS) is 11.1. The van der Waals surface area contributed by atoms with Gasteiger partial charge in [-0.3, -0.25) is 4.79 Å². The predicted octanol–water partition coefficient (Wildman–Crippen LogP) is 4.11. The first-order valence-corrected chi connectivity index (χ1v) is 12.9. The minimum Gasteiger partial charge on any atom is -0.493 e. The lowest BCUT2D eigenvalue weighted by Gasteiger charge is -2.29. The number of thiocarbonyl (C=S) groups is 1. The summed E-state index contributed by atoms with van der Waals surface area (Å²) in [6.45, 7) is 11.0. The van der Waals surface area contributed by atoms with E-state index in [0.717, 1.165) is 54.6 Å². The number of methoxy groups -OCH3 is 2. The van der Waals surface area contributed by atoms with Gasteiger partial charge < -0.3 is 29.6 Å². The van der Waals surface area contributed by atoms with Crippen LogP contribution >= 0.6 is 12.2 Å². The number of likely N-dealkylation sites (N-methyl/N-ethyl adjacent to an activating group) is 1. The van der Waals surface area contributed by atoms with Gasteiger partial charge in [-0.05, 0) is 73.4 Å². The van der Waals surface area contributed by atoms with Gasteiger partial charge >= 0.3 is 0 Å². The number of benzene rings is 2. The van der Waals surface area contributed by atoms with E-state index >= 15 is 0 Å². The van der Waals surface area contributed by atoms with E-state index in [-0.39, 0.29) is 5.56 Å². The second-order valence-corrected chi connectivity index (χ2v) is 9.17. The average Bonchev–Trinajstić information content (AvgIpc) is 2.89. The first kappa shape index (κ1) is 27.5. The Hall–Kier alpha value is -3.10. The molecule has 0 atom stereocenters. The minimum absolute atomic E-state index is 0.0715. The van der Waals surface area contributed by atoms with Crippen molar-refractivity contribution in [1.82, 2.24) is 20.1 Å². The molecule has 194 valence electrons. The van der Waals surface area contributed by atoms with Crippen LogP contribution in [0.2, 0.25) is 0 Å². The van der Waals surface area contributed by atoms with Gasteiger partial charge in [-0.15, -0.1) is 0 Å². The molecule has 36 heavy (non-hydrogen) atoms. The van der Waals surface area contributed by atoms with Crippen molar-refractivity contribution in [3.8, 4) is 11.5 Å². The number of pyridine rings is 1. The molecule has 7 nitrogen and oxygen atoms in total. The summed E-state index contributed by atoms with van der Waals surface area (Å²) in [5.41, 5.74) is 3.70.